The molecule has 0 spiro atoms. The van der Waals surface area contributed by atoms with E-state index in [1.54, 1.807) is 0 Å². The average Bonchev–Trinajstić information content (AvgIpc) is 3.30. The number of carbonyl (C=O) groups excluding carboxylic acids is 2. The molecule has 0 unspecified atom stereocenters. The first-order chi connectivity index (χ1) is 12.6. The standard InChI is InChI=1S/C21H35N3O2/c22-20(26)21(15-16-5-6-16)9-13-23(14-10-21)18-7-11-24(12-8-18)19(25)17-3-1-2-4-17/h16-18H,1-15H2,(H2,22,26). The molecule has 2 saturated carbocycles. The topological polar surface area (TPSA) is 66.6 Å². The lowest BCUT2D eigenvalue weighted by Crippen LogP contribution is -2.53. The molecule has 2 heterocycles. The van der Waals surface area contributed by atoms with Crippen molar-refractivity contribution in [1.82, 2.24) is 9.80 Å². The second-order valence-corrected chi connectivity index (χ2v) is 9.37. The first-order valence-corrected chi connectivity index (χ1v) is 10.9. The van der Waals surface area contributed by atoms with E-state index in [4.69, 9.17) is 5.73 Å². The van der Waals surface area contributed by atoms with Crippen LogP contribution in [0, 0.1) is 17.3 Å². The van der Waals surface area contributed by atoms with Crippen molar-refractivity contribution in [3.8, 4) is 0 Å². The van der Waals surface area contributed by atoms with E-state index < -0.39 is 0 Å². The number of nitrogens with two attached hydrogens (primary N) is 1. The maximum Gasteiger partial charge on any atom is 0.225 e. The summed E-state index contributed by atoms with van der Waals surface area (Å²) in [4.78, 5) is 29.4. The van der Waals surface area contributed by atoms with Gasteiger partial charge in [0.25, 0.3) is 0 Å². The number of rotatable bonds is 5. The molecule has 2 aliphatic heterocycles. The number of primary amides is 1. The largest absolute Gasteiger partial charge is 0.369 e. The van der Waals surface area contributed by atoms with E-state index in [2.05, 4.69) is 9.80 Å². The van der Waals surface area contributed by atoms with Gasteiger partial charge < -0.3 is 15.5 Å². The second kappa shape index (κ2) is 7.49. The van der Waals surface area contributed by atoms with E-state index in [9.17, 15) is 9.59 Å². The van der Waals surface area contributed by atoms with Gasteiger partial charge in [-0.25, -0.2) is 0 Å². The van der Waals surface area contributed by atoms with Crippen molar-refractivity contribution in [2.75, 3.05) is 26.2 Å². The van der Waals surface area contributed by atoms with E-state index in [-0.39, 0.29) is 11.3 Å². The van der Waals surface area contributed by atoms with Crippen molar-refractivity contribution in [2.45, 2.75) is 76.7 Å². The molecule has 0 aromatic heterocycles. The summed E-state index contributed by atoms with van der Waals surface area (Å²) >= 11 is 0. The van der Waals surface area contributed by atoms with Crippen LogP contribution in [0.4, 0.5) is 0 Å². The van der Waals surface area contributed by atoms with Crippen molar-refractivity contribution < 1.29 is 9.59 Å². The number of carbonyl (C=O) groups is 2. The van der Waals surface area contributed by atoms with Crippen LogP contribution in [0.2, 0.25) is 0 Å². The van der Waals surface area contributed by atoms with Crippen LogP contribution in [-0.2, 0) is 9.59 Å². The first kappa shape index (κ1) is 18.3. The highest BCUT2D eigenvalue weighted by atomic mass is 16.2. The minimum atomic E-state index is -0.239. The van der Waals surface area contributed by atoms with E-state index >= 15 is 0 Å². The van der Waals surface area contributed by atoms with Crippen molar-refractivity contribution in [2.24, 2.45) is 23.0 Å². The highest BCUT2D eigenvalue weighted by molar-refractivity contribution is 5.81. The Morgan fingerprint density at radius 3 is 2.04 bits per heavy atom. The van der Waals surface area contributed by atoms with Gasteiger partial charge in [0.2, 0.25) is 11.8 Å². The Bertz CT molecular complexity index is 523. The van der Waals surface area contributed by atoms with Crippen molar-refractivity contribution in [3.05, 3.63) is 0 Å². The van der Waals surface area contributed by atoms with Gasteiger partial charge in [-0.2, -0.15) is 0 Å². The Hall–Kier alpha value is -1.10. The number of nitrogens with zero attached hydrogens (tertiary/aromatic N) is 2. The molecule has 4 fully saturated rings. The minimum absolute atomic E-state index is 0.0685. The molecule has 4 rings (SSSR count). The molecule has 4 aliphatic rings. The molecule has 0 atom stereocenters. The summed E-state index contributed by atoms with van der Waals surface area (Å²) in [6, 6.07) is 0.578. The second-order valence-electron chi connectivity index (χ2n) is 9.37. The van der Waals surface area contributed by atoms with Crippen LogP contribution in [0.1, 0.15) is 70.6 Å². The molecule has 0 aromatic rings. The smallest absolute Gasteiger partial charge is 0.225 e. The number of hydrogen-bond donors (Lipinski definition) is 1. The van der Waals surface area contributed by atoms with Crippen LogP contribution in [0.5, 0.6) is 0 Å². The van der Waals surface area contributed by atoms with Crippen LogP contribution in [0.15, 0.2) is 0 Å². The Morgan fingerprint density at radius 2 is 1.50 bits per heavy atom. The maximum absolute atomic E-state index is 12.6. The number of piperidine rings is 2. The highest BCUT2D eigenvalue weighted by Crippen LogP contribution is 2.46. The van der Waals surface area contributed by atoms with Gasteiger partial charge in [0.15, 0.2) is 0 Å². The third-order valence-corrected chi connectivity index (χ3v) is 7.65. The fourth-order valence-electron chi connectivity index (χ4n) is 5.63. The molecular weight excluding hydrogens is 326 g/mol. The Labute approximate surface area is 157 Å². The van der Waals surface area contributed by atoms with Crippen molar-refractivity contribution in [3.63, 3.8) is 0 Å². The summed E-state index contributed by atoms with van der Waals surface area (Å²) in [6.45, 7) is 3.83. The summed E-state index contributed by atoms with van der Waals surface area (Å²) in [7, 11) is 0. The molecule has 0 radical (unpaired) electrons. The number of likely N-dealkylation sites (tertiary alicyclic amines) is 2. The number of hydrogen-bond acceptors (Lipinski definition) is 3. The monoisotopic (exact) mass is 361 g/mol. The normalized spacial score (nSPS) is 28.4. The fraction of sp³-hybridized carbons (Fsp3) is 0.905. The van der Waals surface area contributed by atoms with Crippen LogP contribution in [0.3, 0.4) is 0 Å². The van der Waals surface area contributed by atoms with E-state index in [0.29, 0.717) is 17.9 Å². The lowest BCUT2D eigenvalue weighted by Gasteiger charge is -2.45. The highest BCUT2D eigenvalue weighted by Gasteiger charge is 2.45. The Morgan fingerprint density at radius 1 is 0.885 bits per heavy atom. The molecule has 2 amide bonds. The van der Waals surface area contributed by atoms with E-state index in [0.717, 1.165) is 77.0 Å². The summed E-state index contributed by atoms with van der Waals surface area (Å²) in [5, 5.41) is 0. The minimum Gasteiger partial charge on any atom is -0.369 e. The summed E-state index contributed by atoms with van der Waals surface area (Å²) < 4.78 is 0. The van der Waals surface area contributed by atoms with Crippen LogP contribution < -0.4 is 5.73 Å². The van der Waals surface area contributed by atoms with Gasteiger partial charge in [0.1, 0.15) is 0 Å². The maximum atomic E-state index is 12.6. The Balaban J connectivity index is 1.26. The van der Waals surface area contributed by atoms with Gasteiger partial charge in [-0.1, -0.05) is 25.7 Å². The van der Waals surface area contributed by atoms with Crippen molar-refractivity contribution in [1.29, 1.82) is 0 Å². The Kier molecular flexibility index (Phi) is 5.27. The quantitative estimate of drug-likeness (QED) is 0.818. The molecule has 2 N–H and O–H groups in total. The summed E-state index contributed by atoms with van der Waals surface area (Å²) in [6.07, 6.45) is 12.3. The summed E-state index contributed by atoms with van der Waals surface area (Å²) in [5.74, 6) is 1.40. The average molecular weight is 362 g/mol. The molecule has 0 bridgehead atoms. The van der Waals surface area contributed by atoms with Crippen LogP contribution in [-0.4, -0.2) is 53.8 Å². The van der Waals surface area contributed by atoms with E-state index in [1.165, 1.54) is 25.7 Å². The predicted octanol–water partition coefficient (Wildman–Crippen LogP) is 2.54. The molecule has 2 aliphatic carbocycles. The third-order valence-electron chi connectivity index (χ3n) is 7.65. The van der Waals surface area contributed by atoms with Gasteiger partial charge in [-0.3, -0.25) is 9.59 Å². The van der Waals surface area contributed by atoms with Gasteiger partial charge in [0, 0.05) is 25.0 Å². The van der Waals surface area contributed by atoms with Gasteiger partial charge in [-0.15, -0.1) is 0 Å². The van der Waals surface area contributed by atoms with Gasteiger partial charge >= 0.3 is 0 Å². The van der Waals surface area contributed by atoms with Crippen LogP contribution in [0.25, 0.3) is 0 Å². The molecule has 5 nitrogen and oxygen atoms in total. The zero-order valence-corrected chi connectivity index (χ0v) is 16.1. The van der Waals surface area contributed by atoms with Crippen molar-refractivity contribution >= 4 is 11.8 Å². The number of amides is 2. The van der Waals surface area contributed by atoms with Gasteiger partial charge in [-0.05, 0) is 64.0 Å². The predicted molar refractivity (Wildman–Crippen MR) is 101 cm³/mol. The molecule has 2 saturated heterocycles. The van der Waals surface area contributed by atoms with Crippen LogP contribution >= 0.6 is 0 Å². The fourth-order valence-corrected chi connectivity index (χ4v) is 5.63. The zero-order chi connectivity index (χ0) is 18.1. The first-order valence-electron chi connectivity index (χ1n) is 10.9. The van der Waals surface area contributed by atoms with E-state index in [1.807, 2.05) is 0 Å². The molecule has 26 heavy (non-hydrogen) atoms. The lowest BCUT2D eigenvalue weighted by molar-refractivity contribution is -0.138. The molecule has 146 valence electrons. The third kappa shape index (κ3) is 3.78. The molecule has 5 heteroatoms. The zero-order valence-electron chi connectivity index (χ0n) is 16.1. The SMILES string of the molecule is NC(=O)C1(CC2CC2)CCN(C2CCN(C(=O)C3CCCC3)CC2)CC1. The molecular formula is C21H35N3O2. The summed E-state index contributed by atoms with van der Waals surface area (Å²) in [5.41, 5.74) is 5.57. The van der Waals surface area contributed by atoms with Gasteiger partial charge in [0.05, 0.1) is 5.41 Å². The lowest BCUT2D eigenvalue weighted by atomic mass is 9.73. The molecule has 0 aromatic carbocycles.